The summed E-state index contributed by atoms with van der Waals surface area (Å²) in [4.78, 5) is 47.0. The van der Waals surface area contributed by atoms with Crippen LogP contribution in [0.25, 0.3) is 0 Å². The minimum Gasteiger partial charge on any atom is -0.489 e. The Morgan fingerprint density at radius 2 is 2.00 bits per heavy atom. The molecule has 3 heterocycles. The summed E-state index contributed by atoms with van der Waals surface area (Å²) in [6, 6.07) is 3.35. The van der Waals surface area contributed by atoms with Gasteiger partial charge in [0.05, 0.1) is 12.1 Å². The minimum absolute atomic E-state index is 0.106. The highest BCUT2D eigenvalue weighted by Gasteiger charge is 2.19. The van der Waals surface area contributed by atoms with Gasteiger partial charge in [0.2, 0.25) is 5.91 Å². The van der Waals surface area contributed by atoms with E-state index in [4.69, 9.17) is 4.74 Å². The summed E-state index contributed by atoms with van der Waals surface area (Å²) < 4.78 is 5.60. The maximum atomic E-state index is 12.7. The monoisotopic (exact) mass is 417 g/mol. The summed E-state index contributed by atoms with van der Waals surface area (Å²) in [5.74, 6) is -0.244. The number of pyridine rings is 1. The third-order valence-electron chi connectivity index (χ3n) is 4.33. The SMILES string of the molecule is O=C1CCCN(C(=O)c2cscn2)CCCNC(=O)c2ncccc2OCCN1. The van der Waals surface area contributed by atoms with Crippen molar-refractivity contribution in [2.45, 2.75) is 19.3 Å². The summed E-state index contributed by atoms with van der Waals surface area (Å²) in [7, 11) is 0. The Labute approximate surface area is 172 Å². The van der Waals surface area contributed by atoms with Crippen molar-refractivity contribution >= 4 is 29.1 Å². The Hall–Kier alpha value is -3.01. The summed E-state index contributed by atoms with van der Waals surface area (Å²) in [6.45, 7) is 1.82. The zero-order valence-corrected chi connectivity index (χ0v) is 16.7. The van der Waals surface area contributed by atoms with Gasteiger partial charge in [-0.25, -0.2) is 9.97 Å². The van der Waals surface area contributed by atoms with Crippen LogP contribution in [0.3, 0.4) is 0 Å². The number of hydrogen-bond donors (Lipinski definition) is 2. The highest BCUT2D eigenvalue weighted by atomic mass is 32.1. The molecule has 0 aliphatic carbocycles. The number of nitrogens with zero attached hydrogens (tertiary/aromatic N) is 3. The summed E-state index contributed by atoms with van der Waals surface area (Å²) in [6.07, 6.45) is 2.95. The Bertz CT molecular complexity index is 843. The maximum Gasteiger partial charge on any atom is 0.273 e. The zero-order chi connectivity index (χ0) is 20.5. The van der Waals surface area contributed by atoms with Crippen molar-refractivity contribution in [1.82, 2.24) is 25.5 Å². The van der Waals surface area contributed by atoms with Gasteiger partial charge in [-0.1, -0.05) is 0 Å². The van der Waals surface area contributed by atoms with Crippen molar-refractivity contribution in [3.63, 3.8) is 0 Å². The molecule has 0 bridgehead atoms. The lowest BCUT2D eigenvalue weighted by Gasteiger charge is -2.22. The first-order chi connectivity index (χ1) is 14.1. The van der Waals surface area contributed by atoms with Gasteiger partial charge in [-0.2, -0.15) is 0 Å². The first-order valence-electron chi connectivity index (χ1n) is 9.45. The smallest absolute Gasteiger partial charge is 0.273 e. The topological polar surface area (TPSA) is 114 Å². The van der Waals surface area contributed by atoms with Gasteiger partial charge in [-0.3, -0.25) is 14.4 Å². The number of aromatic nitrogens is 2. The standard InChI is InChI=1S/C19H23N5O4S/c25-16-5-2-9-24(19(27)14-12-29-13-23-14)10-3-7-22-18(26)17-15(4-1-6-21-17)28-11-8-20-16/h1,4,6,12-13H,2-3,5,7-11H2,(H,20,25)(H,22,26). The lowest BCUT2D eigenvalue weighted by Crippen LogP contribution is -2.36. The molecule has 2 N–H and O–H groups in total. The van der Waals surface area contributed by atoms with Gasteiger partial charge >= 0.3 is 0 Å². The third-order valence-corrected chi connectivity index (χ3v) is 4.91. The Morgan fingerprint density at radius 3 is 2.83 bits per heavy atom. The second-order valence-electron chi connectivity index (χ2n) is 6.43. The van der Waals surface area contributed by atoms with Crippen molar-refractivity contribution in [3.8, 4) is 5.75 Å². The molecule has 3 amide bonds. The van der Waals surface area contributed by atoms with E-state index in [2.05, 4.69) is 20.6 Å². The van der Waals surface area contributed by atoms with Crippen LogP contribution in [0, 0.1) is 0 Å². The molecule has 0 spiro atoms. The molecule has 0 unspecified atom stereocenters. The number of carbonyl (C=O) groups is 3. The molecular weight excluding hydrogens is 394 g/mol. The molecule has 154 valence electrons. The van der Waals surface area contributed by atoms with E-state index in [1.165, 1.54) is 17.5 Å². The number of carbonyl (C=O) groups excluding carboxylic acids is 3. The van der Waals surface area contributed by atoms with Gasteiger partial charge in [0, 0.05) is 37.6 Å². The van der Waals surface area contributed by atoms with Crippen LogP contribution in [0.4, 0.5) is 0 Å². The Morgan fingerprint density at radius 1 is 1.14 bits per heavy atom. The van der Waals surface area contributed by atoms with E-state index < -0.39 is 0 Å². The molecule has 2 aromatic heterocycles. The number of thiazole rings is 1. The largest absolute Gasteiger partial charge is 0.489 e. The number of ether oxygens (including phenoxy) is 1. The quantitative estimate of drug-likeness (QED) is 0.718. The predicted molar refractivity (Wildman–Crippen MR) is 107 cm³/mol. The fraction of sp³-hybridized carbons (Fsp3) is 0.421. The summed E-state index contributed by atoms with van der Waals surface area (Å²) in [5.41, 5.74) is 2.21. The van der Waals surface area contributed by atoms with Crippen molar-refractivity contribution in [2.24, 2.45) is 0 Å². The molecular formula is C19H23N5O4S. The molecule has 1 aliphatic rings. The zero-order valence-electron chi connectivity index (χ0n) is 15.9. The fourth-order valence-corrected chi connectivity index (χ4v) is 3.42. The van der Waals surface area contributed by atoms with Crippen molar-refractivity contribution < 1.29 is 19.1 Å². The molecule has 9 nitrogen and oxygen atoms in total. The molecule has 0 fully saturated rings. The molecule has 0 atom stereocenters. The van der Waals surface area contributed by atoms with Crippen LogP contribution in [-0.4, -0.2) is 65.4 Å². The summed E-state index contributed by atoms with van der Waals surface area (Å²) >= 11 is 1.36. The predicted octanol–water partition coefficient (Wildman–Crippen LogP) is 1.09. The van der Waals surface area contributed by atoms with Gasteiger partial charge < -0.3 is 20.3 Å². The van der Waals surface area contributed by atoms with E-state index in [9.17, 15) is 14.4 Å². The minimum atomic E-state index is -0.339. The molecule has 2 aromatic rings. The van der Waals surface area contributed by atoms with Crippen LogP contribution < -0.4 is 15.4 Å². The van der Waals surface area contributed by atoms with Crippen LogP contribution in [0.1, 0.15) is 40.2 Å². The van der Waals surface area contributed by atoms with Crippen LogP contribution >= 0.6 is 11.3 Å². The first kappa shape index (κ1) is 20.7. The van der Waals surface area contributed by atoms with Gasteiger partial charge in [0.25, 0.3) is 11.8 Å². The molecule has 0 radical (unpaired) electrons. The number of amides is 3. The number of rotatable bonds is 1. The van der Waals surface area contributed by atoms with Crippen molar-refractivity contribution in [3.05, 3.63) is 40.6 Å². The Balaban J connectivity index is 1.68. The van der Waals surface area contributed by atoms with E-state index in [0.717, 1.165) is 0 Å². The van der Waals surface area contributed by atoms with Gasteiger partial charge in [-0.15, -0.1) is 11.3 Å². The van der Waals surface area contributed by atoms with E-state index in [0.29, 0.717) is 56.9 Å². The highest BCUT2D eigenvalue weighted by Crippen LogP contribution is 2.15. The van der Waals surface area contributed by atoms with Gasteiger partial charge in [-0.05, 0) is 25.0 Å². The molecule has 0 saturated heterocycles. The maximum absolute atomic E-state index is 12.7. The summed E-state index contributed by atoms with van der Waals surface area (Å²) in [5, 5.41) is 7.31. The molecule has 0 saturated carbocycles. The van der Waals surface area contributed by atoms with E-state index in [1.54, 1.807) is 27.9 Å². The number of hydrogen-bond acceptors (Lipinski definition) is 7. The number of nitrogens with one attached hydrogen (secondary N) is 2. The second-order valence-corrected chi connectivity index (χ2v) is 7.15. The fourth-order valence-electron chi connectivity index (χ4n) is 2.90. The average molecular weight is 417 g/mol. The normalized spacial score (nSPS) is 16.9. The lowest BCUT2D eigenvalue weighted by atomic mass is 10.2. The third kappa shape index (κ3) is 5.98. The van der Waals surface area contributed by atoms with Crippen LogP contribution in [0.15, 0.2) is 29.2 Å². The van der Waals surface area contributed by atoms with Gasteiger partial charge in [0.1, 0.15) is 12.3 Å². The lowest BCUT2D eigenvalue weighted by molar-refractivity contribution is -0.121. The molecule has 1 aliphatic heterocycles. The number of fused-ring (bicyclic) bond motifs is 1. The van der Waals surface area contributed by atoms with Crippen LogP contribution in [0.5, 0.6) is 5.75 Å². The van der Waals surface area contributed by atoms with Crippen molar-refractivity contribution in [1.29, 1.82) is 0 Å². The highest BCUT2D eigenvalue weighted by molar-refractivity contribution is 7.07. The van der Waals surface area contributed by atoms with Crippen molar-refractivity contribution in [2.75, 3.05) is 32.8 Å². The van der Waals surface area contributed by atoms with Gasteiger partial charge in [0.15, 0.2) is 11.4 Å². The average Bonchev–Trinajstić information content (AvgIpc) is 3.27. The van der Waals surface area contributed by atoms with Crippen LogP contribution in [-0.2, 0) is 4.79 Å². The van der Waals surface area contributed by atoms with E-state index >= 15 is 0 Å². The molecule has 3 rings (SSSR count). The Kier molecular flexibility index (Phi) is 7.51. The van der Waals surface area contributed by atoms with E-state index in [-0.39, 0.29) is 30.0 Å². The molecule has 0 aromatic carbocycles. The molecule has 10 heteroatoms. The molecule has 29 heavy (non-hydrogen) atoms. The van der Waals surface area contributed by atoms with E-state index in [1.807, 2.05) is 0 Å². The first-order valence-corrected chi connectivity index (χ1v) is 10.4. The van der Waals surface area contributed by atoms with Crippen LogP contribution in [0.2, 0.25) is 0 Å². The second kappa shape index (κ2) is 10.5.